The second-order valence-electron chi connectivity index (χ2n) is 4.18. The monoisotopic (exact) mass is 292 g/mol. The molecular formula is C14H10F2N2OS. The highest BCUT2D eigenvalue weighted by atomic mass is 32.1. The van der Waals surface area contributed by atoms with E-state index in [1.165, 1.54) is 17.4 Å². The van der Waals surface area contributed by atoms with Gasteiger partial charge in [-0.25, -0.2) is 8.78 Å². The summed E-state index contributed by atoms with van der Waals surface area (Å²) in [6.07, 6.45) is 0. The summed E-state index contributed by atoms with van der Waals surface area (Å²) < 4.78 is 25.9. The average Bonchev–Trinajstić information content (AvgIpc) is 2.67. The molecule has 1 aromatic heterocycles. The van der Waals surface area contributed by atoms with Crippen LogP contribution in [0.3, 0.4) is 0 Å². The van der Waals surface area contributed by atoms with Gasteiger partial charge in [0.05, 0.1) is 5.56 Å². The van der Waals surface area contributed by atoms with Gasteiger partial charge in [-0.1, -0.05) is 0 Å². The Bertz CT molecular complexity index is 732. The molecule has 1 amide bonds. The molecule has 1 N–H and O–H groups in total. The van der Waals surface area contributed by atoms with E-state index >= 15 is 0 Å². The van der Waals surface area contributed by atoms with Gasteiger partial charge in [-0.15, -0.1) is 11.3 Å². The lowest BCUT2D eigenvalue weighted by Crippen LogP contribution is -2.12. The first kappa shape index (κ1) is 14.2. The van der Waals surface area contributed by atoms with Gasteiger partial charge in [-0.3, -0.25) is 4.79 Å². The summed E-state index contributed by atoms with van der Waals surface area (Å²) in [5.41, 5.74) is 1.19. The number of thiophene rings is 1. The number of rotatable bonds is 2. The van der Waals surface area contributed by atoms with Gasteiger partial charge in [0, 0.05) is 10.4 Å². The van der Waals surface area contributed by atoms with Crippen molar-refractivity contribution in [1.82, 2.24) is 0 Å². The molecule has 1 aromatic carbocycles. The minimum Gasteiger partial charge on any atom is -0.312 e. The zero-order valence-electron chi connectivity index (χ0n) is 10.8. The third kappa shape index (κ3) is 2.53. The lowest BCUT2D eigenvalue weighted by molar-refractivity contribution is 0.102. The van der Waals surface area contributed by atoms with Crippen molar-refractivity contribution in [2.75, 3.05) is 5.32 Å². The Hall–Kier alpha value is -2.26. The molecule has 0 aliphatic carbocycles. The molecule has 0 atom stereocenters. The summed E-state index contributed by atoms with van der Waals surface area (Å²) in [7, 11) is 0. The van der Waals surface area contributed by atoms with Crippen LogP contribution in [0.1, 0.15) is 26.4 Å². The number of aryl methyl sites for hydroxylation is 1. The van der Waals surface area contributed by atoms with Crippen LogP contribution in [0.25, 0.3) is 0 Å². The average molecular weight is 292 g/mol. The number of amides is 1. The summed E-state index contributed by atoms with van der Waals surface area (Å²) in [4.78, 5) is 12.9. The highest BCUT2D eigenvalue weighted by Gasteiger charge is 2.16. The van der Waals surface area contributed by atoms with Crippen molar-refractivity contribution in [3.05, 3.63) is 51.4 Å². The largest absolute Gasteiger partial charge is 0.312 e. The number of anilines is 1. The van der Waals surface area contributed by atoms with E-state index in [1.807, 2.05) is 13.0 Å². The Labute approximate surface area is 118 Å². The Kier molecular flexibility index (Phi) is 3.81. The third-order valence-corrected chi connectivity index (χ3v) is 4.03. The molecule has 2 rings (SSSR count). The second-order valence-corrected chi connectivity index (χ2v) is 5.41. The van der Waals surface area contributed by atoms with Gasteiger partial charge in [-0.05, 0) is 37.6 Å². The van der Waals surface area contributed by atoms with E-state index in [2.05, 4.69) is 5.32 Å². The molecule has 0 aliphatic rings. The molecule has 2 aromatic rings. The van der Waals surface area contributed by atoms with Gasteiger partial charge in [0.1, 0.15) is 11.1 Å². The smallest absolute Gasteiger partial charge is 0.256 e. The van der Waals surface area contributed by atoms with Crippen LogP contribution < -0.4 is 5.32 Å². The van der Waals surface area contributed by atoms with Crippen LogP contribution in [0.15, 0.2) is 18.2 Å². The van der Waals surface area contributed by atoms with E-state index in [4.69, 9.17) is 5.26 Å². The quantitative estimate of drug-likeness (QED) is 0.916. The molecule has 0 bridgehead atoms. The molecule has 0 saturated carbocycles. The predicted molar refractivity (Wildman–Crippen MR) is 72.8 cm³/mol. The Morgan fingerprint density at radius 3 is 2.60 bits per heavy atom. The van der Waals surface area contributed by atoms with Crippen molar-refractivity contribution < 1.29 is 13.6 Å². The lowest BCUT2D eigenvalue weighted by Gasteiger charge is -2.04. The van der Waals surface area contributed by atoms with Gasteiger partial charge in [0.15, 0.2) is 11.6 Å². The van der Waals surface area contributed by atoms with Gasteiger partial charge in [0.25, 0.3) is 5.91 Å². The highest BCUT2D eigenvalue weighted by Crippen LogP contribution is 2.31. The van der Waals surface area contributed by atoms with Crippen molar-refractivity contribution in [3.63, 3.8) is 0 Å². The van der Waals surface area contributed by atoms with E-state index < -0.39 is 17.5 Å². The minimum atomic E-state index is -1.09. The molecule has 0 saturated heterocycles. The van der Waals surface area contributed by atoms with E-state index in [1.54, 1.807) is 6.92 Å². The zero-order valence-corrected chi connectivity index (χ0v) is 11.6. The normalized spacial score (nSPS) is 10.2. The Morgan fingerprint density at radius 2 is 2.00 bits per heavy atom. The zero-order chi connectivity index (χ0) is 14.9. The summed E-state index contributed by atoms with van der Waals surface area (Å²) in [5.74, 6) is -2.68. The van der Waals surface area contributed by atoms with E-state index in [0.717, 1.165) is 22.6 Å². The molecule has 102 valence electrons. The summed E-state index contributed by atoms with van der Waals surface area (Å²) in [5, 5.41) is 12.0. The molecule has 0 radical (unpaired) electrons. The van der Waals surface area contributed by atoms with Crippen LogP contribution in [0.5, 0.6) is 0 Å². The van der Waals surface area contributed by atoms with Crippen LogP contribution in [0.4, 0.5) is 13.8 Å². The number of carbonyl (C=O) groups excluding carboxylic acids is 1. The summed E-state index contributed by atoms with van der Waals surface area (Å²) in [6.45, 7) is 3.63. The Morgan fingerprint density at radius 1 is 1.30 bits per heavy atom. The fraction of sp³-hybridized carbons (Fsp3) is 0.143. The maximum absolute atomic E-state index is 13.1. The molecule has 1 heterocycles. The van der Waals surface area contributed by atoms with E-state index in [0.29, 0.717) is 10.6 Å². The van der Waals surface area contributed by atoms with Crippen molar-refractivity contribution in [1.29, 1.82) is 5.26 Å². The first-order chi connectivity index (χ1) is 9.43. The number of benzene rings is 1. The molecule has 0 fully saturated rings. The first-order valence-corrected chi connectivity index (χ1v) is 6.52. The number of nitrogens with zero attached hydrogens (tertiary/aromatic N) is 1. The van der Waals surface area contributed by atoms with Gasteiger partial charge in [-0.2, -0.15) is 5.26 Å². The van der Waals surface area contributed by atoms with Crippen LogP contribution in [0, 0.1) is 36.8 Å². The number of hydrogen-bond acceptors (Lipinski definition) is 3. The lowest BCUT2D eigenvalue weighted by atomic mass is 10.1. The van der Waals surface area contributed by atoms with Gasteiger partial charge < -0.3 is 5.32 Å². The molecule has 6 heteroatoms. The number of hydrogen-bond donors (Lipinski definition) is 1. The number of carbonyl (C=O) groups is 1. The van der Waals surface area contributed by atoms with Gasteiger partial charge in [0.2, 0.25) is 0 Å². The first-order valence-electron chi connectivity index (χ1n) is 5.70. The molecule has 0 aliphatic heterocycles. The molecular weight excluding hydrogens is 282 g/mol. The SMILES string of the molecule is Cc1sc(NC(=O)c2ccc(F)c(F)c2)c(C#N)c1C. The number of nitrogens with one attached hydrogen (secondary N) is 1. The second kappa shape index (κ2) is 5.39. The summed E-state index contributed by atoms with van der Waals surface area (Å²) in [6, 6.07) is 4.92. The fourth-order valence-electron chi connectivity index (χ4n) is 1.66. The van der Waals surface area contributed by atoms with Crippen molar-refractivity contribution >= 4 is 22.2 Å². The number of halogens is 2. The predicted octanol–water partition coefficient (Wildman–Crippen LogP) is 3.77. The maximum Gasteiger partial charge on any atom is 0.256 e. The van der Waals surface area contributed by atoms with Crippen molar-refractivity contribution in [3.8, 4) is 6.07 Å². The molecule has 3 nitrogen and oxygen atoms in total. The van der Waals surface area contributed by atoms with Gasteiger partial charge >= 0.3 is 0 Å². The van der Waals surface area contributed by atoms with Crippen LogP contribution in [-0.4, -0.2) is 5.91 Å². The molecule has 0 unspecified atom stereocenters. The molecule has 0 spiro atoms. The minimum absolute atomic E-state index is 0.00324. The highest BCUT2D eigenvalue weighted by molar-refractivity contribution is 7.16. The van der Waals surface area contributed by atoms with Crippen molar-refractivity contribution in [2.45, 2.75) is 13.8 Å². The van der Waals surface area contributed by atoms with Crippen molar-refractivity contribution in [2.24, 2.45) is 0 Å². The van der Waals surface area contributed by atoms with Crippen LogP contribution in [0.2, 0.25) is 0 Å². The van der Waals surface area contributed by atoms with Crippen LogP contribution in [-0.2, 0) is 0 Å². The third-order valence-electron chi connectivity index (χ3n) is 2.91. The molecule has 20 heavy (non-hydrogen) atoms. The standard InChI is InChI=1S/C14H10F2N2OS/c1-7-8(2)20-14(10(7)6-17)18-13(19)9-3-4-11(15)12(16)5-9/h3-5H,1-2H3,(H,18,19). The van der Waals surface area contributed by atoms with Crippen LogP contribution >= 0.6 is 11.3 Å². The maximum atomic E-state index is 13.1. The summed E-state index contributed by atoms with van der Waals surface area (Å²) >= 11 is 1.27. The Balaban J connectivity index is 2.30. The van der Waals surface area contributed by atoms with E-state index in [9.17, 15) is 13.6 Å². The van der Waals surface area contributed by atoms with E-state index in [-0.39, 0.29) is 5.56 Å². The topological polar surface area (TPSA) is 52.9 Å². The number of nitriles is 1. The fourth-order valence-corrected chi connectivity index (χ4v) is 2.67.